The Morgan fingerprint density at radius 3 is 2.71 bits per heavy atom. The van der Waals surface area contributed by atoms with Crippen molar-refractivity contribution in [2.45, 2.75) is 18.9 Å². The summed E-state index contributed by atoms with van der Waals surface area (Å²) in [5.74, 6) is 1.72. The number of nitrogens with zero attached hydrogens (tertiary/aromatic N) is 1. The summed E-state index contributed by atoms with van der Waals surface area (Å²) in [5, 5.41) is 3.41. The molecule has 0 spiro atoms. The Morgan fingerprint density at radius 1 is 1.33 bits per heavy atom. The maximum absolute atomic E-state index is 5.48. The molecule has 4 heteroatoms. The quantitative estimate of drug-likeness (QED) is 0.836. The first-order valence-corrected chi connectivity index (χ1v) is 7.81. The van der Waals surface area contributed by atoms with E-state index >= 15 is 0 Å². The van der Waals surface area contributed by atoms with Crippen molar-refractivity contribution < 1.29 is 9.47 Å². The van der Waals surface area contributed by atoms with E-state index in [4.69, 9.17) is 9.47 Å². The molecule has 1 aliphatic heterocycles. The molecule has 1 aromatic carbocycles. The first-order chi connectivity index (χ1) is 10.2. The minimum atomic E-state index is 0.283. The largest absolute Gasteiger partial charge is 0.496 e. The van der Waals surface area contributed by atoms with Crippen LogP contribution in [0.5, 0.6) is 5.75 Å². The van der Waals surface area contributed by atoms with Crippen molar-refractivity contribution in [1.82, 2.24) is 10.2 Å². The van der Waals surface area contributed by atoms with Crippen LogP contribution in [0.1, 0.15) is 24.4 Å². The Labute approximate surface area is 128 Å². The van der Waals surface area contributed by atoms with Crippen LogP contribution in [0.4, 0.5) is 0 Å². The maximum Gasteiger partial charge on any atom is 0.123 e. The molecule has 1 aromatic rings. The van der Waals surface area contributed by atoms with Crippen LogP contribution in [0, 0.1) is 5.92 Å². The average Bonchev–Trinajstić information content (AvgIpc) is 2.53. The lowest BCUT2D eigenvalue weighted by Gasteiger charge is -2.30. The van der Waals surface area contributed by atoms with Crippen LogP contribution in [-0.2, 0) is 4.74 Å². The lowest BCUT2D eigenvalue weighted by atomic mass is 9.99. The van der Waals surface area contributed by atoms with Crippen LogP contribution in [0.2, 0.25) is 0 Å². The Kier molecular flexibility index (Phi) is 6.49. The highest BCUT2D eigenvalue weighted by Crippen LogP contribution is 2.25. The summed E-state index contributed by atoms with van der Waals surface area (Å²) < 4.78 is 10.9. The van der Waals surface area contributed by atoms with Gasteiger partial charge in [-0.1, -0.05) is 18.2 Å². The molecule has 4 nitrogen and oxygen atoms in total. The molecule has 0 aromatic heterocycles. The third kappa shape index (κ3) is 4.70. The van der Waals surface area contributed by atoms with Crippen molar-refractivity contribution in [2.24, 2.45) is 5.92 Å². The highest BCUT2D eigenvalue weighted by Gasteiger charge is 2.19. The number of likely N-dealkylation sites (N-methyl/N-ethyl adjacent to an activating group) is 2. The summed E-state index contributed by atoms with van der Waals surface area (Å²) >= 11 is 0. The third-order valence-electron chi connectivity index (χ3n) is 4.27. The van der Waals surface area contributed by atoms with Gasteiger partial charge in [-0.3, -0.25) is 0 Å². The third-order valence-corrected chi connectivity index (χ3v) is 4.27. The molecule has 1 saturated heterocycles. The Morgan fingerprint density at radius 2 is 2.05 bits per heavy atom. The molecule has 0 aliphatic carbocycles. The summed E-state index contributed by atoms with van der Waals surface area (Å²) in [6, 6.07) is 8.54. The first-order valence-electron chi connectivity index (χ1n) is 7.81. The lowest BCUT2D eigenvalue weighted by Crippen LogP contribution is -2.36. The van der Waals surface area contributed by atoms with Crippen LogP contribution >= 0.6 is 0 Å². The van der Waals surface area contributed by atoms with Crippen LogP contribution in [-0.4, -0.2) is 52.4 Å². The van der Waals surface area contributed by atoms with Crippen LogP contribution in [0.3, 0.4) is 0 Å². The Hall–Kier alpha value is -1.10. The fraction of sp³-hybridized carbons (Fsp3) is 0.647. The number of methoxy groups -OCH3 is 1. The van der Waals surface area contributed by atoms with Crippen molar-refractivity contribution in [1.29, 1.82) is 0 Å². The van der Waals surface area contributed by atoms with Gasteiger partial charge in [-0.15, -0.1) is 0 Å². The summed E-state index contributed by atoms with van der Waals surface area (Å²) in [7, 11) is 5.95. The number of para-hydroxylation sites is 1. The van der Waals surface area contributed by atoms with Crippen LogP contribution < -0.4 is 10.1 Å². The van der Waals surface area contributed by atoms with Gasteiger partial charge in [0, 0.05) is 37.9 Å². The van der Waals surface area contributed by atoms with E-state index in [1.54, 1.807) is 7.11 Å². The van der Waals surface area contributed by atoms with E-state index in [2.05, 4.69) is 29.4 Å². The number of hydrogen-bond acceptors (Lipinski definition) is 4. The fourth-order valence-corrected chi connectivity index (χ4v) is 3.06. The van der Waals surface area contributed by atoms with Crippen molar-refractivity contribution in [3.8, 4) is 5.75 Å². The molecule has 21 heavy (non-hydrogen) atoms. The average molecular weight is 292 g/mol. The molecule has 118 valence electrons. The predicted molar refractivity (Wildman–Crippen MR) is 85.8 cm³/mol. The van der Waals surface area contributed by atoms with Gasteiger partial charge in [-0.25, -0.2) is 0 Å². The molecule has 1 N–H and O–H groups in total. The minimum absolute atomic E-state index is 0.283. The van der Waals surface area contributed by atoms with E-state index in [0.29, 0.717) is 0 Å². The van der Waals surface area contributed by atoms with Crippen molar-refractivity contribution in [2.75, 3.05) is 47.5 Å². The Balaban J connectivity index is 1.94. The number of hydrogen-bond donors (Lipinski definition) is 1. The van der Waals surface area contributed by atoms with Gasteiger partial charge in [0.25, 0.3) is 0 Å². The number of ether oxygens (including phenoxy) is 2. The van der Waals surface area contributed by atoms with E-state index in [9.17, 15) is 0 Å². The van der Waals surface area contributed by atoms with E-state index in [0.717, 1.165) is 38.0 Å². The molecule has 0 amide bonds. The van der Waals surface area contributed by atoms with E-state index in [1.165, 1.54) is 18.4 Å². The number of benzene rings is 1. The molecule has 1 atom stereocenters. The van der Waals surface area contributed by atoms with Crippen LogP contribution in [0.25, 0.3) is 0 Å². The molecule has 0 saturated carbocycles. The van der Waals surface area contributed by atoms with Gasteiger partial charge in [0.05, 0.1) is 7.11 Å². The second-order valence-electron chi connectivity index (χ2n) is 5.86. The highest BCUT2D eigenvalue weighted by molar-refractivity contribution is 5.36. The van der Waals surface area contributed by atoms with Gasteiger partial charge in [0.2, 0.25) is 0 Å². The normalized spacial score (nSPS) is 17.9. The molecule has 1 aliphatic rings. The van der Waals surface area contributed by atoms with Gasteiger partial charge >= 0.3 is 0 Å². The molecule has 0 radical (unpaired) electrons. The van der Waals surface area contributed by atoms with Crippen LogP contribution in [0.15, 0.2) is 24.3 Å². The van der Waals surface area contributed by atoms with Crippen molar-refractivity contribution >= 4 is 0 Å². The molecule has 1 unspecified atom stereocenters. The fourth-order valence-electron chi connectivity index (χ4n) is 3.06. The second-order valence-corrected chi connectivity index (χ2v) is 5.86. The standard InChI is InChI=1S/C17H28N2O2/c1-18-16(15-6-4-5-7-17(15)20-3)13-19(2)12-14-8-10-21-11-9-14/h4-7,14,16,18H,8-13H2,1-3H3. The molecule has 2 rings (SSSR count). The highest BCUT2D eigenvalue weighted by atomic mass is 16.5. The zero-order chi connectivity index (χ0) is 15.1. The van der Waals surface area contributed by atoms with Gasteiger partial charge in [0.15, 0.2) is 0 Å². The SMILES string of the molecule is CNC(CN(C)CC1CCOCC1)c1ccccc1OC. The summed E-state index contributed by atoms with van der Waals surface area (Å²) in [5.41, 5.74) is 1.22. The Bertz CT molecular complexity index is 419. The van der Waals surface area contributed by atoms with Crippen molar-refractivity contribution in [3.05, 3.63) is 29.8 Å². The second kappa shape index (κ2) is 8.37. The lowest BCUT2D eigenvalue weighted by molar-refractivity contribution is 0.0548. The van der Waals surface area contributed by atoms with E-state index < -0.39 is 0 Å². The van der Waals surface area contributed by atoms with Gasteiger partial charge in [-0.2, -0.15) is 0 Å². The molecule has 0 bridgehead atoms. The summed E-state index contributed by atoms with van der Waals surface area (Å²) in [4.78, 5) is 2.42. The topological polar surface area (TPSA) is 33.7 Å². The smallest absolute Gasteiger partial charge is 0.123 e. The van der Waals surface area contributed by atoms with Gasteiger partial charge < -0.3 is 19.7 Å². The number of nitrogens with one attached hydrogen (secondary N) is 1. The predicted octanol–water partition coefficient (Wildman–Crippen LogP) is 2.31. The first kappa shape index (κ1) is 16.3. The van der Waals surface area contributed by atoms with Gasteiger partial charge in [-0.05, 0) is 38.9 Å². The van der Waals surface area contributed by atoms with E-state index in [-0.39, 0.29) is 6.04 Å². The summed E-state index contributed by atoms with van der Waals surface area (Å²) in [6.07, 6.45) is 2.37. The molecule has 1 heterocycles. The monoisotopic (exact) mass is 292 g/mol. The van der Waals surface area contributed by atoms with E-state index in [1.807, 2.05) is 19.2 Å². The van der Waals surface area contributed by atoms with Gasteiger partial charge in [0.1, 0.15) is 5.75 Å². The molecular formula is C17H28N2O2. The molecule has 1 fully saturated rings. The zero-order valence-corrected chi connectivity index (χ0v) is 13.5. The summed E-state index contributed by atoms with van der Waals surface area (Å²) in [6.45, 7) is 3.95. The molecular weight excluding hydrogens is 264 g/mol. The minimum Gasteiger partial charge on any atom is -0.496 e. The number of rotatable bonds is 7. The zero-order valence-electron chi connectivity index (χ0n) is 13.5. The maximum atomic E-state index is 5.48. The van der Waals surface area contributed by atoms with Crippen molar-refractivity contribution in [3.63, 3.8) is 0 Å².